The topological polar surface area (TPSA) is 46.2 Å². The van der Waals surface area contributed by atoms with Crippen molar-refractivity contribution in [1.82, 2.24) is 0 Å². The van der Waals surface area contributed by atoms with Gasteiger partial charge in [-0.05, 0) is 58.5 Å². The van der Waals surface area contributed by atoms with Gasteiger partial charge < -0.3 is 0 Å². The van der Waals surface area contributed by atoms with Crippen LogP contribution in [0, 0.1) is 3.57 Å². The molecule has 0 spiro atoms. The minimum absolute atomic E-state index is 0.564. The third-order valence-electron chi connectivity index (χ3n) is 2.44. The van der Waals surface area contributed by atoms with Crippen LogP contribution in [0.2, 0.25) is 5.02 Å². The van der Waals surface area contributed by atoms with Gasteiger partial charge in [-0.15, -0.1) is 0 Å². The highest BCUT2D eigenvalue weighted by Crippen LogP contribution is 2.19. The molecular formula is C14H11ClINO2S. The molecule has 0 aromatic heterocycles. The average Bonchev–Trinajstić information content (AvgIpc) is 2.41. The molecule has 0 saturated carbocycles. The van der Waals surface area contributed by atoms with E-state index in [0.717, 1.165) is 14.5 Å². The van der Waals surface area contributed by atoms with Crippen molar-refractivity contribution >= 4 is 56.0 Å². The number of para-hydroxylation sites is 1. The van der Waals surface area contributed by atoms with Crippen LogP contribution in [0.5, 0.6) is 0 Å². The van der Waals surface area contributed by atoms with Crippen LogP contribution in [-0.4, -0.2) is 8.42 Å². The molecule has 0 amide bonds. The lowest BCUT2D eigenvalue weighted by Crippen LogP contribution is -2.09. The van der Waals surface area contributed by atoms with E-state index >= 15 is 0 Å². The van der Waals surface area contributed by atoms with Crippen LogP contribution in [0.25, 0.3) is 6.08 Å². The van der Waals surface area contributed by atoms with Gasteiger partial charge in [0.15, 0.2) is 0 Å². The molecule has 0 bridgehead atoms. The van der Waals surface area contributed by atoms with Gasteiger partial charge >= 0.3 is 0 Å². The molecule has 20 heavy (non-hydrogen) atoms. The second-order valence-corrected chi connectivity index (χ2v) is 7.15. The van der Waals surface area contributed by atoms with E-state index in [1.165, 1.54) is 6.08 Å². The minimum Gasteiger partial charge on any atom is -0.279 e. The van der Waals surface area contributed by atoms with E-state index in [-0.39, 0.29) is 0 Å². The van der Waals surface area contributed by atoms with Crippen LogP contribution >= 0.6 is 34.2 Å². The number of hydrogen-bond acceptors (Lipinski definition) is 2. The van der Waals surface area contributed by atoms with Crippen molar-refractivity contribution in [2.75, 3.05) is 4.72 Å². The van der Waals surface area contributed by atoms with Gasteiger partial charge in [0.25, 0.3) is 10.0 Å². The third kappa shape index (κ3) is 4.50. The van der Waals surface area contributed by atoms with Gasteiger partial charge in [-0.3, -0.25) is 4.72 Å². The summed E-state index contributed by atoms with van der Waals surface area (Å²) in [5, 5.41) is 1.75. The maximum Gasteiger partial charge on any atom is 0.255 e. The molecule has 2 aromatic rings. The quantitative estimate of drug-likeness (QED) is 0.749. The van der Waals surface area contributed by atoms with Gasteiger partial charge in [0.05, 0.1) is 11.1 Å². The standard InChI is InChI=1S/C14H11ClINO2S/c15-12-7-5-11(6-8-12)9-10-20(18,19)17-14-4-2-1-3-13(14)16/h1-10,17H/b10-9+. The molecule has 1 N–H and O–H groups in total. The molecule has 0 unspecified atom stereocenters. The molecule has 0 radical (unpaired) electrons. The third-order valence-corrected chi connectivity index (χ3v) is 4.63. The van der Waals surface area contributed by atoms with E-state index in [9.17, 15) is 8.42 Å². The van der Waals surface area contributed by atoms with Gasteiger partial charge in [0.1, 0.15) is 0 Å². The lowest BCUT2D eigenvalue weighted by atomic mass is 10.2. The molecule has 2 rings (SSSR count). The highest BCUT2D eigenvalue weighted by molar-refractivity contribution is 14.1. The Balaban J connectivity index is 2.15. The number of hydrogen-bond donors (Lipinski definition) is 1. The normalized spacial score (nSPS) is 11.7. The Morgan fingerprint density at radius 2 is 1.70 bits per heavy atom. The second-order valence-electron chi connectivity index (χ2n) is 3.98. The molecule has 0 saturated heterocycles. The lowest BCUT2D eigenvalue weighted by Gasteiger charge is -2.06. The van der Waals surface area contributed by atoms with Gasteiger partial charge in [0.2, 0.25) is 0 Å². The Bertz CT molecular complexity index is 727. The van der Waals surface area contributed by atoms with E-state index in [2.05, 4.69) is 27.3 Å². The molecule has 0 aliphatic rings. The van der Waals surface area contributed by atoms with E-state index in [4.69, 9.17) is 11.6 Å². The lowest BCUT2D eigenvalue weighted by molar-refractivity contribution is 0.609. The Morgan fingerprint density at radius 1 is 1.05 bits per heavy atom. The number of nitrogens with one attached hydrogen (secondary N) is 1. The SMILES string of the molecule is O=S(=O)(/C=C/c1ccc(Cl)cc1)Nc1ccccc1I. The van der Waals surface area contributed by atoms with Crippen molar-refractivity contribution in [3.05, 3.63) is 68.1 Å². The van der Waals surface area contributed by atoms with E-state index in [1.807, 2.05) is 12.1 Å². The summed E-state index contributed by atoms with van der Waals surface area (Å²) in [7, 11) is -3.53. The van der Waals surface area contributed by atoms with Crippen LogP contribution < -0.4 is 4.72 Å². The van der Waals surface area contributed by atoms with E-state index < -0.39 is 10.0 Å². The highest BCUT2D eigenvalue weighted by atomic mass is 127. The Hall–Kier alpha value is -1.05. The van der Waals surface area contributed by atoms with Crippen LogP contribution in [0.15, 0.2) is 53.9 Å². The maximum atomic E-state index is 12.0. The summed E-state index contributed by atoms with van der Waals surface area (Å²) >= 11 is 7.85. The fourth-order valence-corrected chi connectivity index (χ4v) is 3.19. The van der Waals surface area contributed by atoms with Gasteiger partial charge in [-0.1, -0.05) is 35.9 Å². The summed E-state index contributed by atoms with van der Waals surface area (Å²) in [6.45, 7) is 0. The van der Waals surface area contributed by atoms with Crippen LogP contribution in [-0.2, 0) is 10.0 Å². The summed E-state index contributed by atoms with van der Waals surface area (Å²) in [6.07, 6.45) is 1.52. The fraction of sp³-hybridized carbons (Fsp3) is 0. The molecule has 104 valence electrons. The predicted octanol–water partition coefficient (Wildman–Crippen LogP) is 4.36. The van der Waals surface area contributed by atoms with Crippen molar-refractivity contribution < 1.29 is 8.42 Å². The van der Waals surface area contributed by atoms with Crippen molar-refractivity contribution in [2.24, 2.45) is 0 Å². The van der Waals surface area contributed by atoms with Crippen molar-refractivity contribution in [3.8, 4) is 0 Å². The molecule has 0 atom stereocenters. The first-order valence-corrected chi connectivity index (χ1v) is 8.67. The predicted molar refractivity (Wildman–Crippen MR) is 92.2 cm³/mol. The summed E-state index contributed by atoms with van der Waals surface area (Å²) in [5.41, 5.74) is 1.33. The summed E-state index contributed by atoms with van der Waals surface area (Å²) in [6, 6.07) is 14.1. The van der Waals surface area contributed by atoms with Crippen LogP contribution in [0.1, 0.15) is 5.56 Å². The van der Waals surface area contributed by atoms with Crippen LogP contribution in [0.3, 0.4) is 0 Å². The second kappa shape index (κ2) is 6.60. The van der Waals surface area contributed by atoms with Crippen LogP contribution in [0.4, 0.5) is 5.69 Å². The van der Waals surface area contributed by atoms with E-state index in [0.29, 0.717) is 10.7 Å². The molecule has 0 aliphatic carbocycles. The maximum absolute atomic E-state index is 12.0. The Morgan fingerprint density at radius 3 is 2.35 bits per heavy atom. The zero-order valence-electron chi connectivity index (χ0n) is 10.3. The van der Waals surface area contributed by atoms with Gasteiger partial charge in [-0.2, -0.15) is 0 Å². The molecular weight excluding hydrogens is 409 g/mol. The number of rotatable bonds is 4. The molecule has 3 nitrogen and oxygen atoms in total. The smallest absolute Gasteiger partial charge is 0.255 e. The number of halogens is 2. The van der Waals surface area contributed by atoms with Gasteiger partial charge in [-0.25, -0.2) is 8.42 Å². The molecule has 0 aliphatic heterocycles. The molecule has 2 aromatic carbocycles. The van der Waals surface area contributed by atoms with Crippen molar-refractivity contribution in [1.29, 1.82) is 0 Å². The Labute approximate surface area is 136 Å². The van der Waals surface area contributed by atoms with Crippen molar-refractivity contribution in [3.63, 3.8) is 0 Å². The molecule has 0 fully saturated rings. The first-order valence-electron chi connectivity index (χ1n) is 5.67. The molecule has 6 heteroatoms. The highest BCUT2D eigenvalue weighted by Gasteiger charge is 2.07. The first-order chi connectivity index (χ1) is 9.46. The van der Waals surface area contributed by atoms with Gasteiger partial charge in [0, 0.05) is 8.59 Å². The monoisotopic (exact) mass is 419 g/mol. The zero-order valence-corrected chi connectivity index (χ0v) is 14.0. The van der Waals surface area contributed by atoms with Crippen molar-refractivity contribution in [2.45, 2.75) is 0 Å². The zero-order chi connectivity index (χ0) is 14.6. The average molecular weight is 420 g/mol. The fourth-order valence-electron chi connectivity index (χ4n) is 1.47. The van der Waals surface area contributed by atoms with E-state index in [1.54, 1.807) is 36.4 Å². The Kier molecular flexibility index (Phi) is 5.06. The summed E-state index contributed by atoms with van der Waals surface area (Å²) in [5.74, 6) is 0. The summed E-state index contributed by atoms with van der Waals surface area (Å²) in [4.78, 5) is 0. The number of anilines is 1. The first kappa shape index (κ1) is 15.3. The number of sulfonamides is 1. The summed E-state index contributed by atoms with van der Waals surface area (Å²) < 4.78 is 27.3. The molecule has 0 heterocycles. The number of benzene rings is 2. The largest absolute Gasteiger partial charge is 0.279 e. The minimum atomic E-state index is -3.53.